The predicted molar refractivity (Wildman–Crippen MR) is 338 cm³/mol. The van der Waals surface area contributed by atoms with Crippen molar-refractivity contribution in [3.8, 4) is 0 Å². The van der Waals surface area contributed by atoms with Gasteiger partial charge >= 0.3 is 5.97 Å². The van der Waals surface area contributed by atoms with Gasteiger partial charge < -0.3 is 20.3 Å². The van der Waals surface area contributed by atoms with Gasteiger partial charge in [-0.25, -0.2) is 0 Å². The molecule has 6 nitrogen and oxygen atoms in total. The van der Waals surface area contributed by atoms with E-state index in [4.69, 9.17) is 4.74 Å². The molecule has 77 heavy (non-hydrogen) atoms. The Hall–Kier alpha value is -2.18. The summed E-state index contributed by atoms with van der Waals surface area (Å²) in [6.07, 6.45) is 86.0. The molecule has 0 aromatic rings. The number of aliphatic hydroxyl groups excluding tert-OH is 2. The molecule has 0 fully saturated rings. The van der Waals surface area contributed by atoms with Crippen molar-refractivity contribution in [2.75, 3.05) is 13.2 Å². The summed E-state index contributed by atoms with van der Waals surface area (Å²) in [7, 11) is 0. The lowest BCUT2D eigenvalue weighted by atomic mass is 10.0. The van der Waals surface area contributed by atoms with E-state index in [-0.39, 0.29) is 18.5 Å². The molecular formula is C71H133NO5. The van der Waals surface area contributed by atoms with Gasteiger partial charge in [0.05, 0.1) is 25.4 Å². The van der Waals surface area contributed by atoms with Crippen LogP contribution in [0.2, 0.25) is 0 Å². The topological polar surface area (TPSA) is 95.9 Å². The average molecular weight is 1080 g/mol. The second kappa shape index (κ2) is 66.3. The number of unbranched alkanes of at least 4 members (excludes halogenated alkanes) is 47. The fourth-order valence-electron chi connectivity index (χ4n) is 10.5. The predicted octanol–water partition coefficient (Wildman–Crippen LogP) is 22.1. The number of allylic oxidation sites excluding steroid dienone is 7. The summed E-state index contributed by atoms with van der Waals surface area (Å²) >= 11 is 0. The van der Waals surface area contributed by atoms with Gasteiger partial charge in [0.2, 0.25) is 5.91 Å². The summed E-state index contributed by atoms with van der Waals surface area (Å²) in [4.78, 5) is 24.6. The summed E-state index contributed by atoms with van der Waals surface area (Å²) < 4.78 is 5.48. The molecule has 0 aliphatic carbocycles. The van der Waals surface area contributed by atoms with E-state index >= 15 is 0 Å². The fraction of sp³-hybridized carbons (Fsp3) is 0.859. The average Bonchev–Trinajstić information content (AvgIpc) is 3.43. The quantitative estimate of drug-likeness (QED) is 0.0320. The van der Waals surface area contributed by atoms with Gasteiger partial charge in [-0.1, -0.05) is 319 Å². The Bertz CT molecular complexity index is 1290. The van der Waals surface area contributed by atoms with Crippen molar-refractivity contribution in [3.63, 3.8) is 0 Å². The number of nitrogens with one attached hydrogen (secondary N) is 1. The van der Waals surface area contributed by atoms with Crippen molar-refractivity contribution in [3.05, 3.63) is 48.6 Å². The van der Waals surface area contributed by atoms with Crippen LogP contribution in [-0.2, 0) is 14.3 Å². The number of rotatable bonds is 64. The van der Waals surface area contributed by atoms with E-state index < -0.39 is 12.1 Å². The molecule has 0 aliphatic heterocycles. The Morgan fingerprint density at radius 3 is 1.04 bits per heavy atom. The van der Waals surface area contributed by atoms with Gasteiger partial charge in [-0.15, -0.1) is 0 Å². The summed E-state index contributed by atoms with van der Waals surface area (Å²) in [6.45, 7) is 4.88. The fourth-order valence-corrected chi connectivity index (χ4v) is 10.5. The van der Waals surface area contributed by atoms with Crippen molar-refractivity contribution >= 4 is 11.9 Å². The molecule has 0 heterocycles. The van der Waals surface area contributed by atoms with Gasteiger partial charge in [0.25, 0.3) is 0 Å². The highest BCUT2D eigenvalue weighted by atomic mass is 16.5. The number of aliphatic hydroxyl groups is 2. The highest BCUT2D eigenvalue weighted by Crippen LogP contribution is 2.18. The van der Waals surface area contributed by atoms with Crippen LogP contribution in [0.4, 0.5) is 0 Å². The standard InChI is InChI=1S/C71H133NO5/c1-3-5-7-9-11-13-15-17-19-20-21-22-27-30-33-36-39-43-47-51-55-59-63-69(74)68(67-73)72-70(75)64-60-56-52-48-44-40-37-34-31-28-25-23-24-26-29-32-35-38-42-46-50-54-58-62-66-77-71(76)65-61-57-53-49-45-41-18-16-14-12-10-8-6-4-2/h10,12,16,18,25,28,59,63,68-69,73-74H,3-9,11,13-15,17,19-24,26-27,29-58,60-62,64-67H2,1-2H3,(H,72,75)/b12-10-,18-16-,28-25-,63-59+. The van der Waals surface area contributed by atoms with E-state index in [1.54, 1.807) is 6.08 Å². The zero-order chi connectivity index (χ0) is 55.7. The van der Waals surface area contributed by atoms with E-state index in [1.165, 1.54) is 289 Å². The first-order chi connectivity index (χ1) is 38.0. The van der Waals surface area contributed by atoms with Crippen LogP contribution in [0.15, 0.2) is 48.6 Å². The molecule has 6 heteroatoms. The van der Waals surface area contributed by atoms with E-state index in [1.807, 2.05) is 6.08 Å². The van der Waals surface area contributed by atoms with Gasteiger partial charge in [-0.05, 0) is 83.5 Å². The number of carbonyl (C=O) groups excluding carboxylic acids is 2. The first-order valence-corrected chi connectivity index (χ1v) is 34.4. The minimum atomic E-state index is -0.849. The molecule has 3 N–H and O–H groups in total. The van der Waals surface area contributed by atoms with Crippen molar-refractivity contribution in [2.45, 2.75) is 379 Å². The lowest BCUT2D eigenvalue weighted by Gasteiger charge is -2.20. The molecule has 0 saturated carbocycles. The van der Waals surface area contributed by atoms with Gasteiger partial charge in [0.15, 0.2) is 0 Å². The monoisotopic (exact) mass is 1080 g/mol. The summed E-state index contributed by atoms with van der Waals surface area (Å²) in [6, 6.07) is -0.633. The minimum Gasteiger partial charge on any atom is -0.466 e. The van der Waals surface area contributed by atoms with Crippen LogP contribution in [0.25, 0.3) is 0 Å². The highest BCUT2D eigenvalue weighted by molar-refractivity contribution is 5.76. The first-order valence-electron chi connectivity index (χ1n) is 34.4. The molecule has 0 radical (unpaired) electrons. The van der Waals surface area contributed by atoms with Crippen LogP contribution in [0.1, 0.15) is 367 Å². The van der Waals surface area contributed by atoms with Crippen LogP contribution in [0.3, 0.4) is 0 Å². The number of amides is 1. The maximum Gasteiger partial charge on any atom is 0.305 e. The van der Waals surface area contributed by atoms with Crippen molar-refractivity contribution in [2.24, 2.45) is 0 Å². The van der Waals surface area contributed by atoms with Crippen LogP contribution in [0.5, 0.6) is 0 Å². The Morgan fingerprint density at radius 2 is 0.662 bits per heavy atom. The SMILES string of the molecule is CCCC/C=C\C/C=C\CCCCCCCC(=O)OCCCCCCCCCCCCCC/C=C\CCCCCCCCCCC(=O)NC(CO)C(O)/C=C/CCCCCCCCCCCCCCCCCCCCCC. The number of hydrogen-bond acceptors (Lipinski definition) is 5. The van der Waals surface area contributed by atoms with E-state index in [0.717, 1.165) is 51.4 Å². The summed E-state index contributed by atoms with van der Waals surface area (Å²) in [5, 5.41) is 23.2. The zero-order valence-electron chi connectivity index (χ0n) is 51.7. The lowest BCUT2D eigenvalue weighted by molar-refractivity contribution is -0.143. The van der Waals surface area contributed by atoms with Gasteiger partial charge in [-0.3, -0.25) is 9.59 Å². The maximum atomic E-state index is 12.5. The molecule has 2 unspecified atom stereocenters. The third-order valence-electron chi connectivity index (χ3n) is 15.8. The van der Waals surface area contributed by atoms with Crippen molar-refractivity contribution in [1.29, 1.82) is 0 Å². The Balaban J connectivity index is 3.44. The Labute approximate surface area is 480 Å². The molecule has 452 valence electrons. The van der Waals surface area contributed by atoms with Crippen molar-refractivity contribution < 1.29 is 24.5 Å². The van der Waals surface area contributed by atoms with Crippen LogP contribution in [0, 0.1) is 0 Å². The highest BCUT2D eigenvalue weighted by Gasteiger charge is 2.18. The number of carbonyl (C=O) groups is 2. The lowest BCUT2D eigenvalue weighted by Crippen LogP contribution is -2.45. The largest absolute Gasteiger partial charge is 0.466 e. The number of ether oxygens (including phenoxy) is 1. The van der Waals surface area contributed by atoms with Gasteiger partial charge in [0, 0.05) is 12.8 Å². The Kier molecular flexibility index (Phi) is 64.5. The van der Waals surface area contributed by atoms with Crippen LogP contribution in [-0.4, -0.2) is 47.4 Å². The zero-order valence-corrected chi connectivity index (χ0v) is 51.7. The first kappa shape index (κ1) is 74.8. The minimum absolute atomic E-state index is 0.00251. The molecule has 0 aliphatic rings. The second-order valence-corrected chi connectivity index (χ2v) is 23.5. The molecule has 0 rings (SSSR count). The van der Waals surface area contributed by atoms with E-state index in [9.17, 15) is 19.8 Å². The van der Waals surface area contributed by atoms with Crippen LogP contribution < -0.4 is 5.32 Å². The molecular weight excluding hydrogens is 947 g/mol. The molecule has 0 spiro atoms. The third-order valence-corrected chi connectivity index (χ3v) is 15.8. The number of hydrogen-bond donors (Lipinski definition) is 3. The van der Waals surface area contributed by atoms with E-state index in [2.05, 4.69) is 55.6 Å². The van der Waals surface area contributed by atoms with Gasteiger partial charge in [-0.2, -0.15) is 0 Å². The van der Waals surface area contributed by atoms with Crippen LogP contribution >= 0.6 is 0 Å². The molecule has 1 amide bonds. The van der Waals surface area contributed by atoms with Crippen molar-refractivity contribution in [1.82, 2.24) is 5.32 Å². The maximum absolute atomic E-state index is 12.5. The normalized spacial score (nSPS) is 12.8. The number of esters is 1. The molecule has 0 bridgehead atoms. The molecule has 2 atom stereocenters. The summed E-state index contributed by atoms with van der Waals surface area (Å²) in [5.41, 5.74) is 0. The molecule has 0 aromatic heterocycles. The second-order valence-electron chi connectivity index (χ2n) is 23.5. The van der Waals surface area contributed by atoms with Gasteiger partial charge in [0.1, 0.15) is 0 Å². The summed E-state index contributed by atoms with van der Waals surface area (Å²) in [5.74, 6) is -0.0722. The smallest absolute Gasteiger partial charge is 0.305 e. The van der Waals surface area contributed by atoms with E-state index in [0.29, 0.717) is 19.4 Å². The Morgan fingerprint density at radius 1 is 0.364 bits per heavy atom. The molecule has 0 saturated heterocycles. The molecule has 0 aromatic carbocycles. The third kappa shape index (κ3) is 62.9.